The highest BCUT2D eigenvalue weighted by atomic mass is 35.5. The van der Waals surface area contributed by atoms with E-state index in [1.807, 2.05) is 0 Å². The van der Waals surface area contributed by atoms with E-state index in [1.165, 1.54) is 41.8 Å². The molecule has 1 aromatic carbocycles. The summed E-state index contributed by atoms with van der Waals surface area (Å²) in [6.07, 6.45) is 9.57. The first-order valence-electron chi connectivity index (χ1n) is 9.54. The zero-order valence-electron chi connectivity index (χ0n) is 15.8. The first-order chi connectivity index (χ1) is 11.9. The average molecular weight is 357 g/mol. The zero-order valence-corrected chi connectivity index (χ0v) is 16.6. The topological polar surface area (TPSA) is 6.48 Å². The summed E-state index contributed by atoms with van der Waals surface area (Å²) in [4.78, 5) is 4.91. The summed E-state index contributed by atoms with van der Waals surface area (Å²) < 4.78 is 0. The van der Waals surface area contributed by atoms with Crippen LogP contribution in [0.15, 0.2) is 42.1 Å². The van der Waals surface area contributed by atoms with E-state index in [-0.39, 0.29) is 10.8 Å². The quantitative estimate of drug-likeness (QED) is 0.685. The minimum Gasteiger partial charge on any atom is -0.344 e. The van der Waals surface area contributed by atoms with Crippen molar-refractivity contribution < 1.29 is 0 Å². The Bertz CT molecular complexity index is 734. The van der Waals surface area contributed by atoms with Crippen LogP contribution in [0.25, 0.3) is 0 Å². The number of alkyl halides is 1. The van der Waals surface area contributed by atoms with Crippen molar-refractivity contribution in [2.24, 2.45) is 0 Å². The Balaban J connectivity index is 1.73. The molecular formula is C22H29ClN2. The number of hydrogen-bond donors (Lipinski definition) is 0. The Morgan fingerprint density at radius 1 is 1.24 bits per heavy atom. The van der Waals surface area contributed by atoms with Crippen molar-refractivity contribution >= 4 is 17.3 Å². The minimum atomic E-state index is 0.0240. The van der Waals surface area contributed by atoms with Crippen LogP contribution in [0.4, 0.5) is 5.69 Å². The molecule has 2 aliphatic heterocycles. The lowest BCUT2D eigenvalue weighted by Crippen LogP contribution is -2.30. The molecule has 2 heterocycles. The van der Waals surface area contributed by atoms with Crippen molar-refractivity contribution in [2.45, 2.75) is 56.4 Å². The van der Waals surface area contributed by atoms with Gasteiger partial charge in [-0.25, -0.2) is 0 Å². The molecule has 0 N–H and O–H groups in total. The van der Waals surface area contributed by atoms with Crippen LogP contribution in [-0.4, -0.2) is 36.5 Å². The summed E-state index contributed by atoms with van der Waals surface area (Å²) in [6.45, 7) is 8.99. The summed E-state index contributed by atoms with van der Waals surface area (Å²) in [6, 6.07) is 7.30. The maximum Gasteiger partial charge on any atom is 0.0494 e. The Kier molecular flexibility index (Phi) is 4.24. The number of likely N-dealkylation sites (N-methyl/N-ethyl adjacent to an activating group) is 1. The third-order valence-corrected chi connectivity index (χ3v) is 7.42. The lowest BCUT2D eigenvalue weighted by molar-refractivity contribution is 0.348. The zero-order chi connectivity index (χ0) is 17.8. The van der Waals surface area contributed by atoms with Gasteiger partial charge < -0.3 is 4.90 Å². The number of fused-ring (bicyclic) bond motifs is 1. The Morgan fingerprint density at radius 3 is 2.76 bits per heavy atom. The summed E-state index contributed by atoms with van der Waals surface area (Å²) >= 11 is 6.83. The van der Waals surface area contributed by atoms with Crippen LogP contribution >= 0.6 is 11.6 Å². The van der Waals surface area contributed by atoms with Gasteiger partial charge in [0.05, 0.1) is 0 Å². The fourth-order valence-corrected chi connectivity index (χ4v) is 5.28. The Labute approximate surface area is 157 Å². The molecule has 4 rings (SSSR count). The first kappa shape index (κ1) is 17.2. The molecule has 1 fully saturated rings. The molecule has 3 heteroatoms. The van der Waals surface area contributed by atoms with Crippen molar-refractivity contribution in [3.63, 3.8) is 0 Å². The fraction of sp³-hybridized carbons (Fsp3) is 0.545. The molecule has 1 saturated heterocycles. The highest BCUT2D eigenvalue weighted by Crippen LogP contribution is 2.52. The van der Waals surface area contributed by atoms with Crippen LogP contribution in [0.1, 0.15) is 50.7 Å². The largest absolute Gasteiger partial charge is 0.344 e. The van der Waals surface area contributed by atoms with Crippen molar-refractivity contribution in [2.75, 3.05) is 25.0 Å². The number of benzene rings is 1. The molecule has 0 bridgehead atoms. The van der Waals surface area contributed by atoms with Gasteiger partial charge in [0.25, 0.3) is 0 Å². The van der Waals surface area contributed by atoms with Crippen LogP contribution < -0.4 is 4.90 Å². The third kappa shape index (κ3) is 2.65. The van der Waals surface area contributed by atoms with Gasteiger partial charge in [0.2, 0.25) is 0 Å². The molecule has 0 amide bonds. The first-order valence-corrected chi connectivity index (χ1v) is 9.97. The van der Waals surface area contributed by atoms with Crippen molar-refractivity contribution in [1.82, 2.24) is 4.90 Å². The molecule has 1 aliphatic carbocycles. The number of likely N-dealkylation sites (tertiary alicyclic amines) is 1. The Hall–Kier alpha value is -1.25. The van der Waals surface area contributed by atoms with Crippen LogP contribution in [0.3, 0.4) is 0 Å². The van der Waals surface area contributed by atoms with Gasteiger partial charge in [0.15, 0.2) is 0 Å². The summed E-state index contributed by atoms with van der Waals surface area (Å²) in [5.74, 6) is 0.375. The van der Waals surface area contributed by atoms with E-state index in [0.29, 0.717) is 12.0 Å². The number of halogens is 1. The van der Waals surface area contributed by atoms with Crippen LogP contribution in [0.5, 0.6) is 0 Å². The summed E-state index contributed by atoms with van der Waals surface area (Å²) in [7, 11) is 2.24. The number of hydrogen-bond acceptors (Lipinski definition) is 2. The van der Waals surface area contributed by atoms with E-state index < -0.39 is 0 Å². The maximum atomic E-state index is 6.83. The van der Waals surface area contributed by atoms with E-state index in [2.05, 4.69) is 74.2 Å². The molecule has 3 atom stereocenters. The molecule has 0 saturated carbocycles. The molecule has 0 spiro atoms. The lowest BCUT2D eigenvalue weighted by Gasteiger charge is -2.30. The molecule has 3 aliphatic rings. The van der Waals surface area contributed by atoms with Crippen LogP contribution in [0.2, 0.25) is 0 Å². The van der Waals surface area contributed by atoms with Crippen LogP contribution in [-0.2, 0) is 5.41 Å². The maximum absolute atomic E-state index is 6.83. The summed E-state index contributed by atoms with van der Waals surface area (Å²) in [5, 5.41) is 0.147. The second kappa shape index (κ2) is 6.17. The van der Waals surface area contributed by atoms with Gasteiger partial charge in [-0.2, -0.15) is 0 Å². The van der Waals surface area contributed by atoms with Crippen molar-refractivity contribution in [3.05, 3.63) is 53.3 Å². The highest BCUT2D eigenvalue weighted by molar-refractivity contribution is 6.22. The van der Waals surface area contributed by atoms with Crippen molar-refractivity contribution in [3.8, 4) is 0 Å². The molecule has 25 heavy (non-hydrogen) atoms. The third-order valence-electron chi connectivity index (χ3n) is 6.49. The molecule has 0 aromatic heterocycles. The molecule has 2 nitrogen and oxygen atoms in total. The van der Waals surface area contributed by atoms with E-state index in [4.69, 9.17) is 11.6 Å². The number of nitrogens with zero attached hydrogens (tertiary/aromatic N) is 2. The highest BCUT2D eigenvalue weighted by Gasteiger charge is 2.44. The number of anilines is 1. The molecule has 134 valence electrons. The van der Waals surface area contributed by atoms with E-state index in [0.717, 1.165) is 6.54 Å². The minimum absolute atomic E-state index is 0.0240. The van der Waals surface area contributed by atoms with E-state index in [9.17, 15) is 0 Å². The SMILES string of the molecule is CC1c2c(N3C=C(C4CCCN4C)C=CC3)cccc2C(C)(C)C1Cl. The molecule has 1 aromatic rings. The monoisotopic (exact) mass is 356 g/mol. The fourth-order valence-electron chi connectivity index (χ4n) is 5.04. The Morgan fingerprint density at radius 2 is 2.04 bits per heavy atom. The van der Waals surface area contributed by atoms with Crippen LogP contribution in [0, 0.1) is 0 Å². The van der Waals surface area contributed by atoms with Crippen molar-refractivity contribution in [1.29, 1.82) is 0 Å². The molecular weight excluding hydrogens is 328 g/mol. The van der Waals surface area contributed by atoms with Gasteiger partial charge in [0, 0.05) is 41.2 Å². The average Bonchev–Trinajstić information content (AvgIpc) is 3.12. The number of rotatable bonds is 2. The van der Waals surface area contributed by atoms with Gasteiger partial charge >= 0.3 is 0 Å². The predicted molar refractivity (Wildman–Crippen MR) is 108 cm³/mol. The van der Waals surface area contributed by atoms with Gasteiger partial charge in [0.1, 0.15) is 0 Å². The molecule has 0 radical (unpaired) electrons. The standard InChI is InChI=1S/C22H29ClN2/c1-15-20-17(22(2,3)21(15)23)9-5-10-19(20)25-13-6-8-16(14-25)18-11-7-12-24(18)4/h5-6,8-10,14-15,18,21H,7,11-13H2,1-4H3. The lowest BCUT2D eigenvalue weighted by atomic mass is 9.85. The summed E-state index contributed by atoms with van der Waals surface area (Å²) in [5.41, 5.74) is 5.66. The van der Waals surface area contributed by atoms with E-state index >= 15 is 0 Å². The van der Waals surface area contributed by atoms with Gasteiger partial charge in [-0.05, 0) is 49.2 Å². The molecule has 3 unspecified atom stereocenters. The van der Waals surface area contributed by atoms with Gasteiger partial charge in [-0.15, -0.1) is 11.6 Å². The second-order valence-corrected chi connectivity index (χ2v) is 8.94. The van der Waals surface area contributed by atoms with Gasteiger partial charge in [-0.1, -0.05) is 45.1 Å². The second-order valence-electron chi connectivity index (χ2n) is 8.47. The normalized spacial score (nSPS) is 31.3. The van der Waals surface area contributed by atoms with Gasteiger partial charge in [-0.3, -0.25) is 4.90 Å². The van der Waals surface area contributed by atoms with E-state index in [1.54, 1.807) is 0 Å². The smallest absolute Gasteiger partial charge is 0.0494 e. The predicted octanol–water partition coefficient (Wildman–Crippen LogP) is 5.04.